The van der Waals surface area contributed by atoms with Crippen LogP contribution in [-0.4, -0.2) is 40.7 Å². The largest absolute Gasteiger partial charge is 0.507 e. The van der Waals surface area contributed by atoms with Gasteiger partial charge in [0.15, 0.2) is 0 Å². The van der Waals surface area contributed by atoms with Crippen molar-refractivity contribution in [3.05, 3.63) is 119 Å². The number of imide groups is 2. The van der Waals surface area contributed by atoms with Crippen LogP contribution in [0.5, 0.6) is 5.75 Å². The summed E-state index contributed by atoms with van der Waals surface area (Å²) < 4.78 is 0. The molecule has 7 nitrogen and oxygen atoms in total. The molecule has 2 heterocycles. The quantitative estimate of drug-likeness (QED) is 0.225. The van der Waals surface area contributed by atoms with Gasteiger partial charge in [0.2, 0.25) is 23.6 Å². The average molecular weight is 617 g/mol. The Bertz CT molecular complexity index is 1990. The Morgan fingerprint density at radius 3 is 2.36 bits per heavy atom. The van der Waals surface area contributed by atoms with Gasteiger partial charge in [-0.1, -0.05) is 96.0 Å². The van der Waals surface area contributed by atoms with Crippen molar-refractivity contribution in [1.29, 1.82) is 0 Å². The van der Waals surface area contributed by atoms with Gasteiger partial charge in [0.1, 0.15) is 5.75 Å². The van der Waals surface area contributed by atoms with E-state index < -0.39 is 40.9 Å². The molecule has 1 N–H and O–H groups in total. The second-order valence-electron chi connectivity index (χ2n) is 12.6. The van der Waals surface area contributed by atoms with Crippen LogP contribution in [0.3, 0.4) is 0 Å². The highest BCUT2D eigenvalue weighted by Gasteiger charge is 2.70. The van der Waals surface area contributed by atoms with E-state index in [9.17, 15) is 19.5 Å². The number of carbonyl (C=O) groups is 4. The molecule has 224 valence electrons. The van der Waals surface area contributed by atoms with Crippen LogP contribution >= 0.6 is 11.6 Å². The highest BCUT2D eigenvalue weighted by Crippen LogP contribution is 2.65. The topological polar surface area (TPSA) is 95.0 Å². The molecule has 8 heteroatoms. The van der Waals surface area contributed by atoms with Crippen molar-refractivity contribution >= 4 is 51.7 Å². The van der Waals surface area contributed by atoms with E-state index in [0.29, 0.717) is 33.6 Å². The molecular formula is C37H29ClN2O5. The molecule has 4 aliphatic rings. The fraction of sp³-hybridized carbons (Fsp3) is 0.243. The molecule has 8 rings (SSSR count). The number of benzene rings is 4. The Morgan fingerprint density at radius 2 is 1.58 bits per heavy atom. The molecule has 2 aliphatic heterocycles. The number of rotatable bonds is 3. The molecule has 6 atom stereocenters. The molecule has 1 saturated carbocycles. The lowest BCUT2D eigenvalue weighted by molar-refractivity contribution is -0.138. The van der Waals surface area contributed by atoms with Crippen molar-refractivity contribution < 1.29 is 24.3 Å². The van der Waals surface area contributed by atoms with Crippen molar-refractivity contribution in [2.45, 2.75) is 24.2 Å². The first-order valence-electron chi connectivity index (χ1n) is 15.2. The van der Waals surface area contributed by atoms with Crippen LogP contribution in [0, 0.1) is 23.7 Å². The van der Waals surface area contributed by atoms with Crippen LogP contribution in [0.2, 0.25) is 5.02 Å². The van der Waals surface area contributed by atoms with Crippen molar-refractivity contribution in [2.24, 2.45) is 23.7 Å². The molecule has 3 fully saturated rings. The van der Waals surface area contributed by atoms with Gasteiger partial charge < -0.3 is 5.11 Å². The smallest absolute Gasteiger partial charge is 0.246 e. The van der Waals surface area contributed by atoms with E-state index in [2.05, 4.69) is 0 Å². The van der Waals surface area contributed by atoms with Gasteiger partial charge in [0.05, 0.1) is 28.9 Å². The van der Waals surface area contributed by atoms with Crippen molar-refractivity contribution in [1.82, 2.24) is 4.90 Å². The zero-order chi connectivity index (χ0) is 31.2. The summed E-state index contributed by atoms with van der Waals surface area (Å²) in [5, 5.41) is 13.8. The molecule has 0 spiro atoms. The lowest BCUT2D eigenvalue weighted by Gasteiger charge is -2.50. The number of anilines is 1. The Kier molecular flexibility index (Phi) is 6.10. The number of phenolic OH excluding ortho intramolecular Hbond substituents is 1. The summed E-state index contributed by atoms with van der Waals surface area (Å²) in [5.74, 6) is -4.56. The highest BCUT2D eigenvalue weighted by molar-refractivity contribution is 6.32. The van der Waals surface area contributed by atoms with Crippen LogP contribution in [0.25, 0.3) is 10.8 Å². The van der Waals surface area contributed by atoms with E-state index in [4.69, 9.17) is 11.6 Å². The van der Waals surface area contributed by atoms with Crippen LogP contribution in [0.1, 0.15) is 29.9 Å². The third kappa shape index (κ3) is 3.64. The van der Waals surface area contributed by atoms with Gasteiger partial charge in [0.25, 0.3) is 0 Å². The highest BCUT2D eigenvalue weighted by atomic mass is 35.5. The first-order valence-corrected chi connectivity index (χ1v) is 15.5. The zero-order valence-electron chi connectivity index (χ0n) is 24.4. The number of likely N-dealkylation sites (tertiary alicyclic amines) is 1. The molecule has 45 heavy (non-hydrogen) atoms. The van der Waals surface area contributed by atoms with E-state index >= 15 is 4.79 Å². The number of amides is 4. The van der Waals surface area contributed by atoms with Gasteiger partial charge in [-0.2, -0.15) is 0 Å². The average Bonchev–Trinajstić information content (AvgIpc) is 3.42. The summed E-state index contributed by atoms with van der Waals surface area (Å²) in [6, 6.07) is 27.2. The number of hydrogen-bond acceptors (Lipinski definition) is 5. The van der Waals surface area contributed by atoms with E-state index in [-0.39, 0.29) is 29.9 Å². The number of halogens is 1. The van der Waals surface area contributed by atoms with E-state index in [0.717, 1.165) is 11.0 Å². The summed E-state index contributed by atoms with van der Waals surface area (Å²) in [7, 11) is 1.51. The van der Waals surface area contributed by atoms with Crippen molar-refractivity contribution in [3.63, 3.8) is 0 Å². The SMILES string of the molecule is CN1C(=O)[C@H]2[C@H](CC=C3[C@H]2C[C@H]2C(=O)N(c4cccc(Cl)c4)C(=O)[C@@]2(c2ccccc2)[C@H]3c2ccc3ccccc3c2O)C1=O. The van der Waals surface area contributed by atoms with Gasteiger partial charge in [-0.25, -0.2) is 4.90 Å². The maximum Gasteiger partial charge on any atom is 0.246 e. The van der Waals surface area contributed by atoms with Gasteiger partial charge in [-0.05, 0) is 47.9 Å². The molecule has 0 unspecified atom stereocenters. The predicted molar refractivity (Wildman–Crippen MR) is 169 cm³/mol. The van der Waals surface area contributed by atoms with Crippen molar-refractivity contribution in [2.75, 3.05) is 11.9 Å². The molecule has 0 radical (unpaired) electrons. The van der Waals surface area contributed by atoms with Crippen LogP contribution in [0.15, 0.2) is 103 Å². The van der Waals surface area contributed by atoms with Gasteiger partial charge in [-0.15, -0.1) is 0 Å². The van der Waals surface area contributed by atoms with E-state index in [1.165, 1.54) is 16.8 Å². The molecule has 2 aliphatic carbocycles. The Hall–Kier alpha value is -4.75. The summed E-state index contributed by atoms with van der Waals surface area (Å²) in [6.45, 7) is 0. The Balaban J connectivity index is 1.44. The number of allylic oxidation sites excluding steroid dienone is 2. The Morgan fingerprint density at radius 1 is 0.822 bits per heavy atom. The third-order valence-corrected chi connectivity index (χ3v) is 10.9. The minimum atomic E-state index is -1.44. The first-order chi connectivity index (χ1) is 21.7. The Labute approximate surface area is 264 Å². The standard InChI is InChI=1S/C37H29ClN2O5/c1-39-33(42)26-17-16-25-28(30(26)35(39)44)19-29-34(43)40(23-12-7-11-22(38)18-23)36(45)37(29,21-9-3-2-4-10-21)31(25)27-15-14-20-8-5-6-13-24(20)32(27)41/h2-16,18,26,28-31,41H,17,19H2,1H3/t26-,28+,29-,30-,31+,37+/m0/s1. The van der Waals surface area contributed by atoms with Crippen LogP contribution in [-0.2, 0) is 24.6 Å². The summed E-state index contributed by atoms with van der Waals surface area (Å²) in [5.41, 5.74) is 0.907. The number of nitrogens with zero attached hydrogens (tertiary/aromatic N) is 2. The monoisotopic (exact) mass is 616 g/mol. The van der Waals surface area contributed by atoms with E-state index in [1.54, 1.807) is 24.3 Å². The van der Waals surface area contributed by atoms with E-state index in [1.807, 2.05) is 72.8 Å². The number of hydrogen-bond donors (Lipinski definition) is 1. The second kappa shape index (κ2) is 9.88. The zero-order valence-corrected chi connectivity index (χ0v) is 25.1. The third-order valence-electron chi connectivity index (χ3n) is 10.6. The number of phenols is 1. The lowest BCUT2D eigenvalue weighted by atomic mass is 9.49. The van der Waals surface area contributed by atoms with Gasteiger partial charge in [0, 0.05) is 28.9 Å². The normalized spacial score (nSPS) is 29.1. The molecular weight excluding hydrogens is 588 g/mol. The molecule has 0 aromatic heterocycles. The minimum Gasteiger partial charge on any atom is -0.507 e. The van der Waals surface area contributed by atoms with Crippen molar-refractivity contribution in [3.8, 4) is 5.75 Å². The maximum absolute atomic E-state index is 15.2. The molecule has 2 saturated heterocycles. The molecule has 0 bridgehead atoms. The fourth-order valence-electron chi connectivity index (χ4n) is 8.75. The first kappa shape index (κ1) is 27.8. The maximum atomic E-state index is 15.2. The molecule has 4 amide bonds. The number of fused-ring (bicyclic) bond motifs is 5. The lowest BCUT2D eigenvalue weighted by Crippen LogP contribution is -2.53. The van der Waals surface area contributed by atoms with Gasteiger partial charge in [-0.3, -0.25) is 24.1 Å². The molecule has 4 aromatic carbocycles. The summed E-state index contributed by atoms with van der Waals surface area (Å²) in [6.07, 6.45) is 2.54. The van der Waals surface area contributed by atoms with Gasteiger partial charge >= 0.3 is 0 Å². The predicted octanol–water partition coefficient (Wildman–Crippen LogP) is 5.99. The summed E-state index contributed by atoms with van der Waals surface area (Å²) in [4.78, 5) is 59.2. The summed E-state index contributed by atoms with van der Waals surface area (Å²) >= 11 is 6.36. The fourth-order valence-corrected chi connectivity index (χ4v) is 8.94. The number of aromatic hydroxyl groups is 1. The van der Waals surface area contributed by atoms with Crippen LogP contribution < -0.4 is 4.90 Å². The minimum absolute atomic E-state index is 0.0308. The number of carbonyl (C=O) groups excluding carboxylic acids is 4. The second-order valence-corrected chi connectivity index (χ2v) is 13.0. The molecule has 4 aromatic rings. The van der Waals surface area contributed by atoms with Crippen LogP contribution in [0.4, 0.5) is 5.69 Å².